The predicted octanol–water partition coefficient (Wildman–Crippen LogP) is 5.27. The second-order valence-corrected chi connectivity index (χ2v) is 5.38. The van der Waals surface area contributed by atoms with Crippen molar-refractivity contribution in [3.63, 3.8) is 0 Å². The van der Waals surface area contributed by atoms with Gasteiger partial charge in [0.05, 0.1) is 12.9 Å². The number of allylic oxidation sites excluding steroid dienone is 6. The van der Waals surface area contributed by atoms with Crippen molar-refractivity contribution in [1.29, 1.82) is 0 Å². The molecule has 1 rings (SSSR count). The van der Waals surface area contributed by atoms with Crippen molar-refractivity contribution in [3.05, 3.63) is 84.4 Å². The van der Waals surface area contributed by atoms with E-state index in [1.807, 2.05) is 25.1 Å². The molecule has 1 aromatic rings. The standard InChI is InChI=1S/C20H24ClN3O/c1-19(23-15-7-4-8-16-24(21)22-2)11-9-17-25-18-10-14-20-12-5-3-6-13-20/h3-9,11-13,15-17H,2,10,14,18H2,1H3/b7-4-,16-8-,17-9+,19-11+,23-15+. The molecule has 1 aromatic carbocycles. The van der Waals surface area contributed by atoms with Gasteiger partial charge in [0.15, 0.2) is 0 Å². The summed E-state index contributed by atoms with van der Waals surface area (Å²) >= 11 is 5.58. The highest BCUT2D eigenvalue weighted by molar-refractivity contribution is 6.13. The summed E-state index contributed by atoms with van der Waals surface area (Å²) in [4.78, 5) is 4.26. The van der Waals surface area contributed by atoms with Crippen LogP contribution in [0.15, 0.2) is 89.0 Å². The number of halogens is 1. The van der Waals surface area contributed by atoms with Gasteiger partial charge in [-0.3, -0.25) is 4.99 Å². The molecule has 0 unspecified atom stereocenters. The van der Waals surface area contributed by atoms with Crippen LogP contribution >= 0.6 is 11.8 Å². The number of ether oxygens (including phenoxy) is 1. The molecule has 25 heavy (non-hydrogen) atoms. The molecule has 0 saturated heterocycles. The van der Waals surface area contributed by atoms with E-state index in [9.17, 15) is 0 Å². The van der Waals surface area contributed by atoms with Crippen molar-refractivity contribution in [1.82, 2.24) is 4.53 Å². The summed E-state index contributed by atoms with van der Waals surface area (Å²) in [5.74, 6) is 0. The number of aliphatic imine (C=N–C) groups is 1. The average molecular weight is 358 g/mol. The van der Waals surface area contributed by atoms with Crippen LogP contribution in [0, 0.1) is 0 Å². The van der Waals surface area contributed by atoms with Gasteiger partial charge in [0.1, 0.15) is 0 Å². The van der Waals surface area contributed by atoms with E-state index in [-0.39, 0.29) is 0 Å². The molecule has 0 bridgehead atoms. The van der Waals surface area contributed by atoms with Gasteiger partial charge in [0.2, 0.25) is 0 Å². The number of rotatable bonds is 11. The van der Waals surface area contributed by atoms with Gasteiger partial charge in [0, 0.05) is 36.6 Å². The fourth-order valence-corrected chi connectivity index (χ4v) is 1.86. The van der Waals surface area contributed by atoms with Gasteiger partial charge in [-0.15, -0.1) is 0 Å². The van der Waals surface area contributed by atoms with Gasteiger partial charge in [0.25, 0.3) is 0 Å². The molecular weight excluding hydrogens is 334 g/mol. The normalized spacial score (nSPS) is 12.6. The second kappa shape index (κ2) is 13.8. The molecule has 0 spiro atoms. The fourth-order valence-electron chi connectivity index (χ4n) is 1.79. The van der Waals surface area contributed by atoms with Gasteiger partial charge in [-0.1, -0.05) is 36.4 Å². The van der Waals surface area contributed by atoms with E-state index < -0.39 is 0 Å². The summed E-state index contributed by atoms with van der Waals surface area (Å²) in [6.45, 7) is 5.90. The molecule has 4 nitrogen and oxygen atoms in total. The first-order valence-electron chi connectivity index (χ1n) is 8.00. The number of hydrogen-bond acceptors (Lipinski definition) is 4. The smallest absolute Gasteiger partial charge is 0.0876 e. The number of hydrogen-bond donors (Lipinski definition) is 0. The molecular formula is C20H24ClN3O. The van der Waals surface area contributed by atoms with Crippen molar-refractivity contribution in [3.8, 4) is 0 Å². The van der Waals surface area contributed by atoms with Crippen molar-refractivity contribution in [2.24, 2.45) is 10.1 Å². The minimum atomic E-state index is 0.702. The van der Waals surface area contributed by atoms with Crippen LogP contribution in [0.3, 0.4) is 0 Å². The van der Waals surface area contributed by atoms with Crippen LogP contribution in [-0.2, 0) is 11.2 Å². The predicted molar refractivity (Wildman–Crippen MR) is 108 cm³/mol. The quantitative estimate of drug-likeness (QED) is 0.135. The molecule has 0 aliphatic rings. The van der Waals surface area contributed by atoms with Crippen LogP contribution < -0.4 is 0 Å². The molecule has 5 heteroatoms. The van der Waals surface area contributed by atoms with Gasteiger partial charge in [-0.25, -0.2) is 0 Å². The van der Waals surface area contributed by atoms with E-state index in [0.717, 1.165) is 23.1 Å². The van der Waals surface area contributed by atoms with Gasteiger partial charge in [-0.2, -0.15) is 9.63 Å². The lowest BCUT2D eigenvalue weighted by molar-refractivity contribution is 0.245. The van der Waals surface area contributed by atoms with Gasteiger partial charge >= 0.3 is 0 Å². The molecule has 0 heterocycles. The lowest BCUT2D eigenvalue weighted by atomic mass is 10.1. The Morgan fingerprint density at radius 3 is 2.76 bits per heavy atom. The molecule has 0 radical (unpaired) electrons. The maximum absolute atomic E-state index is 5.58. The highest BCUT2D eigenvalue weighted by atomic mass is 35.5. The SMILES string of the molecule is C=NN(Cl)\C=C/C=C\C=N\C(C)=C\C=C\OCCCc1ccccc1. The molecule has 0 fully saturated rings. The molecule has 132 valence electrons. The van der Waals surface area contributed by atoms with E-state index in [2.05, 4.69) is 41.1 Å². The summed E-state index contributed by atoms with van der Waals surface area (Å²) in [6.07, 6.45) is 16.0. The van der Waals surface area contributed by atoms with Crippen molar-refractivity contribution in [2.45, 2.75) is 19.8 Å². The summed E-state index contributed by atoms with van der Waals surface area (Å²) in [5, 5.41) is 3.48. The monoisotopic (exact) mass is 357 g/mol. The van der Waals surface area contributed by atoms with Crippen molar-refractivity contribution >= 4 is 24.7 Å². The van der Waals surface area contributed by atoms with Crippen LogP contribution in [0.25, 0.3) is 0 Å². The van der Waals surface area contributed by atoms with Crippen LogP contribution in [0.1, 0.15) is 18.9 Å². The molecule has 0 saturated carbocycles. The Morgan fingerprint density at radius 2 is 2.00 bits per heavy atom. The molecule has 0 atom stereocenters. The summed E-state index contributed by atoms with van der Waals surface area (Å²) < 4.78 is 6.56. The lowest BCUT2D eigenvalue weighted by Gasteiger charge is -2.01. The Hall–Kier alpha value is -2.59. The third-order valence-electron chi connectivity index (χ3n) is 3.01. The van der Waals surface area contributed by atoms with Crippen LogP contribution in [0.5, 0.6) is 0 Å². The van der Waals surface area contributed by atoms with Crippen LogP contribution in [0.4, 0.5) is 0 Å². The molecule has 0 aromatic heterocycles. The van der Waals surface area contributed by atoms with Crippen LogP contribution in [-0.4, -0.2) is 24.1 Å². The maximum Gasteiger partial charge on any atom is 0.0876 e. The Labute approximate surface area is 155 Å². The zero-order valence-corrected chi connectivity index (χ0v) is 15.2. The Morgan fingerprint density at radius 1 is 1.20 bits per heavy atom. The van der Waals surface area contributed by atoms with E-state index in [1.54, 1.807) is 36.9 Å². The Balaban J connectivity index is 2.17. The topological polar surface area (TPSA) is 37.2 Å². The summed E-state index contributed by atoms with van der Waals surface area (Å²) in [7, 11) is 0. The second-order valence-electron chi connectivity index (χ2n) is 5.03. The fraction of sp³-hybridized carbons (Fsp3) is 0.200. The number of aryl methyl sites for hydroxylation is 1. The highest BCUT2D eigenvalue weighted by Gasteiger charge is 1.90. The average Bonchev–Trinajstić information content (AvgIpc) is 2.64. The number of benzene rings is 1. The first-order chi connectivity index (χ1) is 12.2. The summed E-state index contributed by atoms with van der Waals surface area (Å²) in [6, 6.07) is 10.4. The highest BCUT2D eigenvalue weighted by Crippen LogP contribution is 2.02. The van der Waals surface area contributed by atoms with Crippen molar-refractivity contribution in [2.75, 3.05) is 6.61 Å². The van der Waals surface area contributed by atoms with Gasteiger partial charge < -0.3 is 4.74 Å². The van der Waals surface area contributed by atoms with E-state index >= 15 is 0 Å². The largest absolute Gasteiger partial charge is 0.501 e. The summed E-state index contributed by atoms with van der Waals surface area (Å²) in [5.41, 5.74) is 2.21. The first-order valence-corrected chi connectivity index (χ1v) is 8.34. The molecule has 0 amide bonds. The maximum atomic E-state index is 5.58. The van der Waals surface area contributed by atoms with Crippen molar-refractivity contribution < 1.29 is 4.74 Å². The Bertz CT molecular complexity index is 634. The lowest BCUT2D eigenvalue weighted by Crippen LogP contribution is -1.91. The molecule has 0 aliphatic carbocycles. The first kappa shape index (κ1) is 20.5. The third kappa shape index (κ3) is 11.6. The zero-order valence-electron chi connectivity index (χ0n) is 14.5. The van der Waals surface area contributed by atoms with E-state index in [4.69, 9.17) is 16.5 Å². The minimum Gasteiger partial charge on any atom is -0.501 e. The van der Waals surface area contributed by atoms with E-state index in [0.29, 0.717) is 6.61 Å². The van der Waals surface area contributed by atoms with Crippen LogP contribution in [0.2, 0.25) is 0 Å². The van der Waals surface area contributed by atoms with Gasteiger partial charge in [-0.05, 0) is 49.6 Å². The minimum absolute atomic E-state index is 0.702. The third-order valence-corrected chi connectivity index (χ3v) is 3.23. The number of hydrazone groups is 1. The Kier molecular flexibility index (Phi) is 11.3. The van der Waals surface area contributed by atoms with E-state index in [1.165, 1.54) is 5.56 Å². The number of nitrogens with zero attached hydrogens (tertiary/aromatic N) is 3. The zero-order chi connectivity index (χ0) is 18.2. The molecule has 0 N–H and O–H groups in total. The molecule has 0 aliphatic heterocycles.